The first-order valence-electron chi connectivity index (χ1n) is 13.1. The molecule has 2 aromatic carbocycles. The van der Waals surface area contributed by atoms with Crippen molar-refractivity contribution >= 4 is 21.5 Å². The predicted octanol–water partition coefficient (Wildman–Crippen LogP) is 4.30. The van der Waals surface area contributed by atoms with Gasteiger partial charge in [0, 0.05) is 45.2 Å². The molecular weight excluding hydrogens is 486 g/mol. The van der Waals surface area contributed by atoms with Gasteiger partial charge in [0.2, 0.25) is 10.0 Å². The molecule has 1 saturated heterocycles. The molecule has 0 aromatic heterocycles. The number of ether oxygens (including phenoxy) is 1. The van der Waals surface area contributed by atoms with Crippen molar-refractivity contribution in [3.05, 3.63) is 53.1 Å². The molecule has 8 heteroatoms. The maximum Gasteiger partial charge on any atom is 0.243 e. The van der Waals surface area contributed by atoms with Gasteiger partial charge in [-0.05, 0) is 101 Å². The molecule has 1 heterocycles. The highest BCUT2D eigenvalue weighted by atomic mass is 32.2. The number of hydrogen-bond donors (Lipinski definition) is 0. The van der Waals surface area contributed by atoms with E-state index in [2.05, 4.69) is 36.0 Å². The number of ketones is 1. The first kappa shape index (κ1) is 29.1. The van der Waals surface area contributed by atoms with E-state index in [1.54, 1.807) is 33.1 Å². The molecule has 1 aliphatic heterocycles. The van der Waals surface area contributed by atoms with Crippen molar-refractivity contribution in [3.8, 4) is 5.75 Å². The zero-order valence-corrected chi connectivity index (χ0v) is 24.1. The minimum absolute atomic E-state index is 0.0275. The van der Waals surface area contributed by atoms with Crippen LogP contribution in [-0.4, -0.2) is 77.8 Å². The lowest BCUT2D eigenvalue weighted by Crippen LogP contribution is -2.34. The lowest BCUT2D eigenvalue weighted by Gasteiger charge is -2.34. The van der Waals surface area contributed by atoms with Crippen molar-refractivity contribution in [2.24, 2.45) is 5.92 Å². The second-order valence-corrected chi connectivity index (χ2v) is 12.6. The molecule has 0 bridgehead atoms. The number of methoxy groups -OCH3 is 1. The smallest absolute Gasteiger partial charge is 0.243 e. The molecule has 0 aliphatic carbocycles. The predicted molar refractivity (Wildman–Crippen MR) is 150 cm³/mol. The van der Waals surface area contributed by atoms with Crippen LogP contribution in [0.5, 0.6) is 5.75 Å². The van der Waals surface area contributed by atoms with E-state index in [9.17, 15) is 13.2 Å². The maximum atomic E-state index is 13.2. The quantitative estimate of drug-likeness (QED) is 0.408. The van der Waals surface area contributed by atoms with Gasteiger partial charge in [0.05, 0.1) is 12.0 Å². The van der Waals surface area contributed by atoms with E-state index in [-0.39, 0.29) is 23.6 Å². The Morgan fingerprint density at radius 3 is 2.14 bits per heavy atom. The number of Topliss-reactive ketones (excluding diaryl/α,β-unsaturated/α-hetero) is 1. The third-order valence-electron chi connectivity index (χ3n) is 7.35. The Hall–Kier alpha value is -2.42. The van der Waals surface area contributed by atoms with E-state index >= 15 is 0 Å². The topological polar surface area (TPSA) is 70.2 Å². The molecule has 0 saturated carbocycles. The maximum absolute atomic E-state index is 13.2. The molecule has 204 valence electrons. The first-order chi connectivity index (χ1) is 17.5. The van der Waals surface area contributed by atoms with E-state index in [1.807, 2.05) is 12.1 Å². The number of nitrogens with zero attached hydrogens (tertiary/aromatic N) is 3. The van der Waals surface area contributed by atoms with Crippen LogP contribution in [0.25, 0.3) is 0 Å². The van der Waals surface area contributed by atoms with Crippen LogP contribution >= 0.6 is 0 Å². The summed E-state index contributed by atoms with van der Waals surface area (Å²) in [6.07, 6.45) is 4.19. The van der Waals surface area contributed by atoms with Crippen LogP contribution in [0.15, 0.2) is 41.3 Å². The summed E-state index contributed by atoms with van der Waals surface area (Å²) in [6, 6.07) is 11.7. The van der Waals surface area contributed by atoms with Crippen molar-refractivity contribution in [3.63, 3.8) is 0 Å². The average Bonchev–Trinajstić information content (AvgIpc) is 2.86. The Kier molecular flexibility index (Phi) is 10.2. The average molecular weight is 530 g/mol. The molecule has 3 rings (SSSR count). The van der Waals surface area contributed by atoms with E-state index in [4.69, 9.17) is 4.74 Å². The molecule has 37 heavy (non-hydrogen) atoms. The molecule has 0 unspecified atom stereocenters. The minimum atomic E-state index is -3.71. The molecule has 0 radical (unpaired) electrons. The Labute approximate surface area is 223 Å². The van der Waals surface area contributed by atoms with Gasteiger partial charge in [0.1, 0.15) is 11.5 Å². The summed E-state index contributed by atoms with van der Waals surface area (Å²) >= 11 is 0. The van der Waals surface area contributed by atoms with E-state index in [0.717, 1.165) is 31.1 Å². The fourth-order valence-corrected chi connectivity index (χ4v) is 6.63. The number of benzene rings is 2. The monoisotopic (exact) mass is 529 g/mol. The standard InChI is InChI=1S/C29H43N3O4S/c1-22-19-28(36-6)20-23(2)29(22)37(34,35)31(5)16-14-27(33)21-25-7-9-26(10-8-25)32-17-12-24(13-18-32)11-15-30(3)4/h7-10,19-20,24H,11-18,21H2,1-6H3. The summed E-state index contributed by atoms with van der Waals surface area (Å²) in [6.45, 7) is 6.97. The number of anilines is 1. The summed E-state index contributed by atoms with van der Waals surface area (Å²) in [7, 11) is 3.65. The molecule has 2 aromatic rings. The largest absolute Gasteiger partial charge is 0.497 e. The lowest BCUT2D eigenvalue weighted by atomic mass is 9.93. The Morgan fingerprint density at radius 1 is 1.00 bits per heavy atom. The molecule has 0 atom stereocenters. The number of hydrogen-bond acceptors (Lipinski definition) is 6. The molecule has 1 aliphatic rings. The summed E-state index contributed by atoms with van der Waals surface area (Å²) in [5.41, 5.74) is 3.43. The van der Waals surface area contributed by atoms with Gasteiger partial charge in [0.15, 0.2) is 0 Å². The fraction of sp³-hybridized carbons (Fsp3) is 0.552. The van der Waals surface area contributed by atoms with E-state index in [0.29, 0.717) is 23.3 Å². The molecule has 0 N–H and O–H groups in total. The van der Waals surface area contributed by atoms with E-state index in [1.165, 1.54) is 36.3 Å². The third-order valence-corrected chi connectivity index (χ3v) is 9.51. The van der Waals surface area contributed by atoms with Crippen molar-refractivity contribution in [1.82, 2.24) is 9.21 Å². The van der Waals surface area contributed by atoms with Crippen molar-refractivity contribution in [2.75, 3.05) is 59.3 Å². The Bertz CT molecular complexity index is 1130. The van der Waals surface area contributed by atoms with Crippen LogP contribution in [0, 0.1) is 19.8 Å². The molecule has 7 nitrogen and oxygen atoms in total. The lowest BCUT2D eigenvalue weighted by molar-refractivity contribution is -0.118. The third kappa shape index (κ3) is 7.79. The SMILES string of the molecule is COc1cc(C)c(S(=O)(=O)N(C)CCC(=O)Cc2ccc(N3CCC(CCN(C)C)CC3)cc2)c(C)c1. The van der Waals surface area contributed by atoms with Gasteiger partial charge in [-0.2, -0.15) is 0 Å². The van der Waals surface area contributed by atoms with Crippen LogP contribution in [0.1, 0.15) is 42.4 Å². The van der Waals surface area contributed by atoms with Gasteiger partial charge >= 0.3 is 0 Å². The van der Waals surface area contributed by atoms with Crippen molar-refractivity contribution in [1.29, 1.82) is 0 Å². The van der Waals surface area contributed by atoms with Crippen LogP contribution in [0.4, 0.5) is 5.69 Å². The van der Waals surface area contributed by atoms with Gasteiger partial charge < -0.3 is 14.5 Å². The molecule has 1 fully saturated rings. The van der Waals surface area contributed by atoms with Crippen LogP contribution in [0.2, 0.25) is 0 Å². The molecular formula is C29H43N3O4S. The van der Waals surface area contributed by atoms with Crippen molar-refractivity contribution in [2.45, 2.75) is 50.8 Å². The molecule has 0 amide bonds. The number of piperidine rings is 1. The Balaban J connectivity index is 1.50. The highest BCUT2D eigenvalue weighted by Crippen LogP contribution is 2.28. The number of carbonyl (C=O) groups is 1. The van der Waals surface area contributed by atoms with E-state index < -0.39 is 10.0 Å². The van der Waals surface area contributed by atoms with Gasteiger partial charge in [-0.3, -0.25) is 4.79 Å². The zero-order chi connectivity index (χ0) is 27.2. The summed E-state index contributed by atoms with van der Waals surface area (Å²) in [4.78, 5) is 17.6. The first-order valence-corrected chi connectivity index (χ1v) is 14.6. The summed E-state index contributed by atoms with van der Waals surface area (Å²) < 4.78 is 32.9. The number of sulfonamides is 1. The fourth-order valence-electron chi connectivity index (χ4n) is 5.05. The van der Waals surface area contributed by atoms with Crippen LogP contribution in [0.3, 0.4) is 0 Å². The van der Waals surface area contributed by atoms with Crippen molar-refractivity contribution < 1.29 is 17.9 Å². The summed E-state index contributed by atoms with van der Waals surface area (Å²) in [5.74, 6) is 1.46. The number of carbonyl (C=O) groups excluding carboxylic acids is 1. The zero-order valence-electron chi connectivity index (χ0n) is 23.3. The second kappa shape index (κ2) is 12.9. The van der Waals surface area contributed by atoms with Crippen LogP contribution < -0.4 is 9.64 Å². The number of aryl methyl sites for hydroxylation is 2. The second-order valence-electron chi connectivity index (χ2n) is 10.6. The highest BCUT2D eigenvalue weighted by Gasteiger charge is 2.26. The summed E-state index contributed by atoms with van der Waals surface area (Å²) in [5, 5.41) is 0. The van der Waals surface area contributed by atoms with Gasteiger partial charge in [-0.15, -0.1) is 0 Å². The minimum Gasteiger partial charge on any atom is -0.497 e. The van der Waals surface area contributed by atoms with Gasteiger partial charge in [-0.1, -0.05) is 12.1 Å². The van der Waals surface area contributed by atoms with Crippen LogP contribution in [-0.2, 0) is 21.2 Å². The Morgan fingerprint density at radius 2 is 1.59 bits per heavy atom. The van der Waals surface area contributed by atoms with Gasteiger partial charge in [-0.25, -0.2) is 12.7 Å². The normalized spacial score (nSPS) is 15.0. The van der Waals surface area contributed by atoms with Gasteiger partial charge in [0.25, 0.3) is 0 Å². The number of rotatable bonds is 12. The molecule has 0 spiro atoms. The highest BCUT2D eigenvalue weighted by molar-refractivity contribution is 7.89.